The second-order valence-electron chi connectivity index (χ2n) is 6.96. The summed E-state index contributed by atoms with van der Waals surface area (Å²) in [6.45, 7) is 0.00879. The molecule has 0 aliphatic carbocycles. The van der Waals surface area contributed by atoms with Gasteiger partial charge in [-0.05, 0) is 67.8 Å². The van der Waals surface area contributed by atoms with Crippen LogP contribution in [0, 0.1) is 0 Å². The molecule has 6 nitrogen and oxygen atoms in total. The molecule has 3 aromatic carbocycles. The highest BCUT2D eigenvalue weighted by molar-refractivity contribution is 9.10. The maximum absolute atomic E-state index is 13.0. The van der Waals surface area contributed by atoms with Gasteiger partial charge in [-0.2, -0.15) is 0 Å². The molecule has 2 amide bonds. The van der Waals surface area contributed by atoms with Crippen LogP contribution in [0.15, 0.2) is 70.0 Å². The Balaban J connectivity index is 1.52. The van der Waals surface area contributed by atoms with Crippen LogP contribution in [0.2, 0.25) is 0 Å². The van der Waals surface area contributed by atoms with E-state index >= 15 is 0 Å². The van der Waals surface area contributed by atoms with E-state index in [-0.39, 0.29) is 24.3 Å². The molecule has 1 aliphatic heterocycles. The Labute approximate surface area is 197 Å². The monoisotopic (exact) mass is 511 g/mol. The van der Waals surface area contributed by atoms with Crippen molar-refractivity contribution in [3.8, 4) is 5.75 Å². The topological polar surface area (TPSA) is 72.9 Å². The second kappa shape index (κ2) is 9.58. The van der Waals surface area contributed by atoms with Crippen molar-refractivity contribution in [1.82, 2.24) is 4.90 Å². The maximum Gasteiger partial charge on any atom is 0.343 e. The summed E-state index contributed by atoms with van der Waals surface area (Å²) in [6, 6.07) is 18.9. The summed E-state index contributed by atoms with van der Waals surface area (Å²) < 4.78 is 10.6. The number of hydrogen-bond acceptors (Lipinski definition) is 6. The number of carbonyl (C=O) groups excluding carboxylic acids is 3. The number of carbonyl (C=O) groups is 3. The van der Waals surface area contributed by atoms with Gasteiger partial charge in [0.15, 0.2) is 6.61 Å². The van der Waals surface area contributed by atoms with Crippen molar-refractivity contribution in [3.63, 3.8) is 0 Å². The van der Waals surface area contributed by atoms with E-state index in [1.807, 2.05) is 42.5 Å². The largest absolute Gasteiger partial charge is 0.481 e. The predicted molar refractivity (Wildman–Crippen MR) is 127 cm³/mol. The molecular weight excluding hydrogens is 494 g/mol. The number of methoxy groups -OCH3 is 1. The molecule has 0 bridgehead atoms. The van der Waals surface area contributed by atoms with E-state index in [2.05, 4.69) is 20.7 Å². The number of imide groups is 1. The van der Waals surface area contributed by atoms with E-state index in [4.69, 9.17) is 4.74 Å². The number of ether oxygens (including phenoxy) is 2. The van der Waals surface area contributed by atoms with Gasteiger partial charge in [0.2, 0.25) is 0 Å². The van der Waals surface area contributed by atoms with Gasteiger partial charge in [-0.1, -0.05) is 48.5 Å². The normalized spacial score (nSPS) is 14.9. The molecule has 0 N–H and O–H groups in total. The number of nitrogens with zero attached hydrogens (tertiary/aromatic N) is 1. The van der Waals surface area contributed by atoms with Gasteiger partial charge in [-0.15, -0.1) is 0 Å². The van der Waals surface area contributed by atoms with Gasteiger partial charge in [-0.25, -0.2) is 4.79 Å². The molecule has 0 unspecified atom stereocenters. The average molecular weight is 512 g/mol. The third-order valence-electron chi connectivity index (χ3n) is 4.91. The zero-order valence-electron chi connectivity index (χ0n) is 17.0. The SMILES string of the molecule is COC(=O)COc1ccc(/C=C2/SC(=O)N(Cc3cccc4ccccc34)C2=O)cc1Br. The van der Waals surface area contributed by atoms with E-state index in [9.17, 15) is 14.4 Å². The molecule has 0 radical (unpaired) electrons. The third kappa shape index (κ3) is 4.71. The van der Waals surface area contributed by atoms with Crippen molar-refractivity contribution >= 4 is 61.7 Å². The quantitative estimate of drug-likeness (QED) is 0.326. The Morgan fingerprint density at radius 3 is 2.66 bits per heavy atom. The van der Waals surface area contributed by atoms with Gasteiger partial charge in [-0.3, -0.25) is 14.5 Å². The van der Waals surface area contributed by atoms with Crippen molar-refractivity contribution < 1.29 is 23.9 Å². The minimum absolute atomic E-state index is 0.207. The third-order valence-corrected chi connectivity index (χ3v) is 6.44. The summed E-state index contributed by atoms with van der Waals surface area (Å²) in [4.78, 5) is 38.4. The molecule has 1 heterocycles. The Morgan fingerprint density at radius 2 is 1.88 bits per heavy atom. The minimum Gasteiger partial charge on any atom is -0.481 e. The lowest BCUT2D eigenvalue weighted by atomic mass is 10.0. The first-order chi connectivity index (χ1) is 15.5. The van der Waals surface area contributed by atoms with Gasteiger partial charge in [0.1, 0.15) is 5.75 Å². The van der Waals surface area contributed by atoms with Crippen LogP contribution in [0.25, 0.3) is 16.8 Å². The highest BCUT2D eigenvalue weighted by Gasteiger charge is 2.35. The molecule has 0 aromatic heterocycles. The fourth-order valence-corrected chi connectivity index (χ4v) is 4.66. The zero-order valence-corrected chi connectivity index (χ0v) is 19.4. The van der Waals surface area contributed by atoms with E-state index in [1.54, 1.807) is 24.3 Å². The molecule has 1 saturated heterocycles. The lowest BCUT2D eigenvalue weighted by Gasteiger charge is -2.14. The first kappa shape index (κ1) is 22.1. The Morgan fingerprint density at radius 1 is 1.09 bits per heavy atom. The van der Waals surface area contributed by atoms with Crippen molar-refractivity contribution in [2.75, 3.05) is 13.7 Å². The number of thioether (sulfide) groups is 1. The van der Waals surface area contributed by atoms with E-state index < -0.39 is 5.97 Å². The van der Waals surface area contributed by atoms with Crippen LogP contribution >= 0.6 is 27.7 Å². The van der Waals surface area contributed by atoms with Crippen molar-refractivity contribution in [3.05, 3.63) is 81.2 Å². The Kier molecular flexibility index (Phi) is 6.62. The van der Waals surface area contributed by atoms with Gasteiger partial charge >= 0.3 is 5.97 Å². The maximum atomic E-state index is 13.0. The number of halogens is 1. The summed E-state index contributed by atoms with van der Waals surface area (Å²) >= 11 is 4.32. The molecule has 1 aliphatic rings. The Bertz CT molecular complexity index is 1250. The molecule has 0 spiro atoms. The molecular formula is C24H18BrNO5S. The second-order valence-corrected chi connectivity index (χ2v) is 8.81. The average Bonchev–Trinajstić information content (AvgIpc) is 3.05. The van der Waals surface area contributed by atoms with Gasteiger partial charge in [0.05, 0.1) is 23.0 Å². The van der Waals surface area contributed by atoms with Crippen LogP contribution in [0.1, 0.15) is 11.1 Å². The molecule has 0 atom stereocenters. The summed E-state index contributed by atoms with van der Waals surface area (Å²) in [5.74, 6) is -0.340. The van der Waals surface area contributed by atoms with Crippen molar-refractivity contribution in [2.45, 2.75) is 6.54 Å². The lowest BCUT2D eigenvalue weighted by Crippen LogP contribution is -2.27. The number of hydrogen-bond donors (Lipinski definition) is 0. The van der Waals surface area contributed by atoms with Gasteiger partial charge in [0, 0.05) is 0 Å². The fourth-order valence-electron chi connectivity index (χ4n) is 3.31. The number of rotatable bonds is 6. The van der Waals surface area contributed by atoms with Crippen LogP contribution in [-0.4, -0.2) is 35.7 Å². The summed E-state index contributed by atoms with van der Waals surface area (Å²) in [5, 5.41) is 1.78. The number of fused-ring (bicyclic) bond motifs is 1. The molecule has 8 heteroatoms. The van der Waals surface area contributed by atoms with Crippen LogP contribution < -0.4 is 4.74 Å². The predicted octanol–water partition coefficient (Wildman–Crippen LogP) is 5.39. The highest BCUT2D eigenvalue weighted by Crippen LogP contribution is 2.35. The van der Waals surface area contributed by atoms with Gasteiger partial charge in [0.25, 0.3) is 11.1 Å². The first-order valence-corrected chi connectivity index (χ1v) is 11.3. The van der Waals surface area contributed by atoms with Crippen molar-refractivity contribution in [2.24, 2.45) is 0 Å². The molecule has 0 saturated carbocycles. The number of amides is 2. The van der Waals surface area contributed by atoms with Crippen LogP contribution in [0.5, 0.6) is 5.75 Å². The van der Waals surface area contributed by atoms with Crippen LogP contribution in [0.4, 0.5) is 4.79 Å². The van der Waals surface area contributed by atoms with E-state index in [0.717, 1.165) is 33.7 Å². The van der Waals surface area contributed by atoms with Crippen LogP contribution in [-0.2, 0) is 20.9 Å². The summed E-state index contributed by atoms with van der Waals surface area (Å²) in [5.41, 5.74) is 1.64. The molecule has 162 valence electrons. The smallest absolute Gasteiger partial charge is 0.343 e. The molecule has 3 aromatic rings. The number of benzene rings is 3. The van der Waals surface area contributed by atoms with Crippen molar-refractivity contribution in [1.29, 1.82) is 0 Å². The summed E-state index contributed by atoms with van der Waals surface area (Å²) in [7, 11) is 1.29. The van der Waals surface area contributed by atoms with E-state index in [0.29, 0.717) is 15.1 Å². The lowest BCUT2D eigenvalue weighted by molar-refractivity contribution is -0.142. The number of esters is 1. The zero-order chi connectivity index (χ0) is 22.7. The van der Waals surface area contributed by atoms with Crippen LogP contribution in [0.3, 0.4) is 0 Å². The Hall–Kier alpha value is -3.10. The standard InChI is InChI=1S/C24H18BrNO5S/c1-30-22(27)14-31-20-10-9-15(11-19(20)25)12-21-23(28)26(24(29)32-21)13-17-7-4-6-16-5-2-3-8-18(16)17/h2-12H,13-14H2,1H3/b21-12+. The fraction of sp³-hybridized carbons (Fsp3) is 0.125. The molecule has 4 rings (SSSR count). The minimum atomic E-state index is -0.485. The van der Waals surface area contributed by atoms with Gasteiger partial charge < -0.3 is 9.47 Å². The highest BCUT2D eigenvalue weighted by atomic mass is 79.9. The van der Waals surface area contributed by atoms with E-state index in [1.165, 1.54) is 12.0 Å². The first-order valence-electron chi connectivity index (χ1n) is 9.67. The molecule has 32 heavy (non-hydrogen) atoms. The molecule has 1 fully saturated rings. The summed E-state index contributed by atoms with van der Waals surface area (Å²) in [6.07, 6.45) is 1.67.